The Morgan fingerprint density at radius 3 is 1.68 bits per heavy atom. The molecule has 0 unspecified atom stereocenters. The van der Waals surface area contributed by atoms with Gasteiger partial charge in [0, 0.05) is 32.8 Å². The normalized spacial score (nSPS) is 11.4. The van der Waals surface area contributed by atoms with Crippen LogP contribution < -0.4 is 0 Å². The number of para-hydroxylation sites is 1. The Kier molecular flexibility index (Phi) is 6.35. The average molecular weight is 604 g/mol. The molecular formula is C41H25N5O. The molecule has 5 aromatic carbocycles. The second kappa shape index (κ2) is 11.1. The van der Waals surface area contributed by atoms with Crippen LogP contribution >= 0.6 is 0 Å². The van der Waals surface area contributed by atoms with Crippen LogP contribution in [0.4, 0.5) is 0 Å². The number of benzene rings is 5. The van der Waals surface area contributed by atoms with Crippen molar-refractivity contribution in [1.29, 1.82) is 0 Å². The molecule has 0 spiro atoms. The van der Waals surface area contributed by atoms with Crippen LogP contribution in [0.2, 0.25) is 0 Å². The minimum Gasteiger partial charge on any atom is -0.438 e. The first-order valence-electron chi connectivity index (χ1n) is 15.4. The maximum atomic E-state index is 6.04. The highest BCUT2D eigenvalue weighted by Crippen LogP contribution is 2.34. The zero-order chi connectivity index (χ0) is 31.2. The first kappa shape index (κ1) is 26.8. The fourth-order valence-corrected chi connectivity index (χ4v) is 6.06. The molecule has 4 aromatic heterocycles. The number of hydrogen-bond acceptors (Lipinski definition) is 6. The molecule has 0 radical (unpaired) electrons. The van der Waals surface area contributed by atoms with Gasteiger partial charge in [0.2, 0.25) is 5.71 Å². The predicted octanol–water partition coefficient (Wildman–Crippen LogP) is 10.0. The molecule has 0 amide bonds. The molecule has 0 atom stereocenters. The van der Waals surface area contributed by atoms with Crippen molar-refractivity contribution in [3.8, 4) is 56.7 Å². The zero-order valence-corrected chi connectivity index (χ0v) is 25.1. The summed E-state index contributed by atoms with van der Waals surface area (Å²) in [6.07, 6.45) is 0. The van der Waals surface area contributed by atoms with Crippen molar-refractivity contribution in [2.45, 2.75) is 0 Å². The summed E-state index contributed by atoms with van der Waals surface area (Å²) in [7, 11) is 0. The minimum absolute atomic E-state index is 0.611. The molecular weight excluding hydrogens is 578 g/mol. The van der Waals surface area contributed by atoms with Crippen LogP contribution in [0.3, 0.4) is 0 Å². The molecule has 9 aromatic rings. The Morgan fingerprint density at radius 2 is 0.936 bits per heavy atom. The highest BCUT2D eigenvalue weighted by Gasteiger charge is 2.15. The number of furan rings is 1. The van der Waals surface area contributed by atoms with Crippen LogP contribution in [0.1, 0.15) is 0 Å². The maximum absolute atomic E-state index is 6.04. The van der Waals surface area contributed by atoms with E-state index < -0.39 is 0 Å². The number of pyridine rings is 2. The third-order valence-corrected chi connectivity index (χ3v) is 8.37. The summed E-state index contributed by atoms with van der Waals surface area (Å²) in [6, 6.07) is 50.8. The smallest absolute Gasteiger partial charge is 0.227 e. The van der Waals surface area contributed by atoms with Crippen molar-refractivity contribution in [1.82, 2.24) is 24.9 Å². The first-order chi connectivity index (χ1) is 23.3. The Balaban J connectivity index is 1.12. The monoisotopic (exact) mass is 603 g/mol. The van der Waals surface area contributed by atoms with Crippen LogP contribution in [0.15, 0.2) is 156 Å². The number of nitrogens with zero attached hydrogens (tertiary/aromatic N) is 5. The van der Waals surface area contributed by atoms with Gasteiger partial charge < -0.3 is 4.42 Å². The molecule has 9 rings (SSSR count). The van der Waals surface area contributed by atoms with Crippen molar-refractivity contribution in [3.05, 3.63) is 152 Å². The second-order valence-corrected chi connectivity index (χ2v) is 11.3. The number of fused-ring (bicyclic) bond motifs is 4. The lowest BCUT2D eigenvalue weighted by Gasteiger charge is -2.11. The van der Waals surface area contributed by atoms with Gasteiger partial charge in [-0.05, 0) is 53.6 Å². The Bertz CT molecular complexity index is 2520. The van der Waals surface area contributed by atoms with E-state index in [4.69, 9.17) is 29.3 Å². The van der Waals surface area contributed by atoms with E-state index >= 15 is 0 Å². The summed E-state index contributed by atoms with van der Waals surface area (Å²) in [6.45, 7) is 0. The van der Waals surface area contributed by atoms with E-state index in [0.717, 1.165) is 66.5 Å². The lowest BCUT2D eigenvalue weighted by Crippen LogP contribution is -2.00. The highest BCUT2D eigenvalue weighted by atomic mass is 16.3. The quantitative estimate of drug-likeness (QED) is 0.195. The molecule has 47 heavy (non-hydrogen) atoms. The molecule has 0 aliphatic carbocycles. The van der Waals surface area contributed by atoms with E-state index in [9.17, 15) is 0 Å². The predicted molar refractivity (Wildman–Crippen MR) is 187 cm³/mol. The summed E-state index contributed by atoms with van der Waals surface area (Å²) < 4.78 is 6.04. The highest BCUT2D eigenvalue weighted by molar-refractivity contribution is 6.04. The van der Waals surface area contributed by atoms with E-state index in [0.29, 0.717) is 23.2 Å². The molecule has 4 heterocycles. The molecule has 0 saturated carbocycles. The van der Waals surface area contributed by atoms with Gasteiger partial charge in [-0.3, -0.25) is 0 Å². The van der Waals surface area contributed by atoms with Crippen LogP contribution in [-0.4, -0.2) is 24.9 Å². The van der Waals surface area contributed by atoms with Gasteiger partial charge in [-0.25, -0.2) is 24.9 Å². The molecule has 0 fully saturated rings. The lowest BCUT2D eigenvalue weighted by molar-refractivity contribution is 0.654. The van der Waals surface area contributed by atoms with Gasteiger partial charge in [0.15, 0.2) is 17.5 Å². The number of hydrogen-bond donors (Lipinski definition) is 0. The van der Waals surface area contributed by atoms with E-state index in [1.54, 1.807) is 0 Å². The molecule has 0 N–H and O–H groups in total. The molecule has 0 aliphatic rings. The topological polar surface area (TPSA) is 77.6 Å². The fraction of sp³-hybridized carbons (Fsp3) is 0. The summed E-state index contributed by atoms with van der Waals surface area (Å²) in [4.78, 5) is 24.5. The van der Waals surface area contributed by atoms with E-state index in [2.05, 4.69) is 36.4 Å². The average Bonchev–Trinajstić information content (AvgIpc) is 3.53. The Hall–Kier alpha value is -6.53. The SMILES string of the molecule is c1ccc(-c2nc(-c3ccccc3)nc(-c3cccc(-c4cccc5nc(-c6ccc7c(n6)oc6ccccc67)ccc45)c3)n2)cc1. The number of rotatable bonds is 5. The van der Waals surface area contributed by atoms with Crippen LogP contribution in [0, 0.1) is 0 Å². The van der Waals surface area contributed by atoms with E-state index in [1.807, 2.05) is 115 Å². The van der Waals surface area contributed by atoms with Crippen LogP contribution in [0.5, 0.6) is 0 Å². The standard InChI is InChI=1S/C41H25N5O/c1-3-11-26(12-4-1)38-44-39(27-13-5-2-6-14-27)46-40(45-38)29-16-9-15-28(25-29)30-18-10-19-34-31(30)21-23-35(42-34)36-24-22-33-32-17-7-8-20-37(32)47-41(33)43-36/h1-25H. The molecule has 0 bridgehead atoms. The Morgan fingerprint density at radius 1 is 0.362 bits per heavy atom. The zero-order valence-electron chi connectivity index (χ0n) is 25.1. The van der Waals surface area contributed by atoms with Crippen molar-refractivity contribution in [3.63, 3.8) is 0 Å². The van der Waals surface area contributed by atoms with Crippen molar-refractivity contribution in [2.24, 2.45) is 0 Å². The van der Waals surface area contributed by atoms with Gasteiger partial charge in [0.25, 0.3) is 0 Å². The van der Waals surface area contributed by atoms with Crippen molar-refractivity contribution < 1.29 is 4.42 Å². The summed E-state index contributed by atoms with van der Waals surface area (Å²) in [5, 5.41) is 3.10. The molecule has 0 aliphatic heterocycles. The van der Waals surface area contributed by atoms with Crippen LogP contribution in [0.25, 0.3) is 89.7 Å². The molecule has 220 valence electrons. The summed E-state index contributed by atoms with van der Waals surface area (Å²) in [5.41, 5.74) is 8.79. The third-order valence-electron chi connectivity index (χ3n) is 8.37. The number of aromatic nitrogens is 5. The largest absolute Gasteiger partial charge is 0.438 e. The Labute approximate surface area is 270 Å². The first-order valence-corrected chi connectivity index (χ1v) is 15.4. The fourth-order valence-electron chi connectivity index (χ4n) is 6.06. The maximum Gasteiger partial charge on any atom is 0.227 e. The van der Waals surface area contributed by atoms with Gasteiger partial charge in [-0.1, -0.05) is 109 Å². The van der Waals surface area contributed by atoms with Crippen molar-refractivity contribution >= 4 is 33.0 Å². The van der Waals surface area contributed by atoms with Crippen LogP contribution in [-0.2, 0) is 0 Å². The lowest BCUT2D eigenvalue weighted by atomic mass is 9.98. The molecule has 6 nitrogen and oxygen atoms in total. The van der Waals surface area contributed by atoms with Gasteiger partial charge in [-0.2, -0.15) is 0 Å². The van der Waals surface area contributed by atoms with Gasteiger partial charge in [0.1, 0.15) is 5.58 Å². The third kappa shape index (κ3) is 4.89. The van der Waals surface area contributed by atoms with Gasteiger partial charge in [0.05, 0.1) is 16.9 Å². The summed E-state index contributed by atoms with van der Waals surface area (Å²) in [5.74, 6) is 1.89. The van der Waals surface area contributed by atoms with Gasteiger partial charge >= 0.3 is 0 Å². The summed E-state index contributed by atoms with van der Waals surface area (Å²) >= 11 is 0. The van der Waals surface area contributed by atoms with Gasteiger partial charge in [-0.15, -0.1) is 0 Å². The minimum atomic E-state index is 0.611. The molecule has 0 saturated heterocycles. The van der Waals surface area contributed by atoms with E-state index in [1.165, 1.54) is 0 Å². The van der Waals surface area contributed by atoms with Crippen molar-refractivity contribution in [2.75, 3.05) is 0 Å². The second-order valence-electron chi connectivity index (χ2n) is 11.3. The molecule has 6 heteroatoms. The van der Waals surface area contributed by atoms with E-state index in [-0.39, 0.29) is 0 Å².